The van der Waals surface area contributed by atoms with Crippen molar-refractivity contribution in [3.8, 4) is 0 Å². The van der Waals surface area contributed by atoms with Crippen molar-refractivity contribution >= 4 is 27.5 Å². The van der Waals surface area contributed by atoms with E-state index >= 15 is 0 Å². The Morgan fingerprint density at radius 3 is 2.42 bits per heavy atom. The van der Waals surface area contributed by atoms with E-state index in [9.17, 15) is 22.4 Å². The number of carbonyl (C=O) groups excluding carboxylic acids is 2. The van der Waals surface area contributed by atoms with E-state index in [0.29, 0.717) is 24.3 Å². The lowest BCUT2D eigenvalue weighted by molar-refractivity contribution is -0.136. The summed E-state index contributed by atoms with van der Waals surface area (Å²) in [5.41, 5.74) is 2.64. The van der Waals surface area contributed by atoms with E-state index in [0.717, 1.165) is 35.6 Å². The maximum Gasteiger partial charge on any atom is 0.313 e. The molecule has 1 fully saturated rings. The van der Waals surface area contributed by atoms with Crippen LogP contribution in [0.1, 0.15) is 42.4 Å². The Balaban J connectivity index is 1.64. The van der Waals surface area contributed by atoms with Gasteiger partial charge in [0.25, 0.3) is 0 Å². The summed E-state index contributed by atoms with van der Waals surface area (Å²) >= 11 is 0. The van der Waals surface area contributed by atoms with Gasteiger partial charge in [-0.2, -0.15) is 4.31 Å². The van der Waals surface area contributed by atoms with E-state index in [1.54, 1.807) is 4.31 Å². The predicted octanol–water partition coefficient (Wildman–Crippen LogP) is 3.44. The highest BCUT2D eigenvalue weighted by Crippen LogP contribution is 2.31. The molecule has 2 N–H and O–H groups in total. The molecule has 1 atom stereocenters. The number of nitrogens with one attached hydrogen (secondary N) is 2. The molecule has 0 saturated carbocycles. The molecule has 7 nitrogen and oxygen atoms in total. The lowest BCUT2D eigenvalue weighted by Gasteiger charge is -2.35. The van der Waals surface area contributed by atoms with Gasteiger partial charge in [0.05, 0.1) is 4.90 Å². The Morgan fingerprint density at radius 2 is 1.76 bits per heavy atom. The van der Waals surface area contributed by atoms with Gasteiger partial charge in [-0.3, -0.25) is 9.59 Å². The smallest absolute Gasteiger partial charge is 0.313 e. The minimum atomic E-state index is -3.70. The van der Waals surface area contributed by atoms with E-state index in [4.69, 9.17) is 0 Å². The molecule has 2 amide bonds. The van der Waals surface area contributed by atoms with Crippen LogP contribution in [0.2, 0.25) is 0 Å². The molecule has 178 valence electrons. The fraction of sp³-hybridized carbons (Fsp3) is 0.417. The number of hydrogen-bond donors (Lipinski definition) is 2. The average molecular weight is 476 g/mol. The van der Waals surface area contributed by atoms with Crippen LogP contribution >= 0.6 is 0 Å². The zero-order valence-electron chi connectivity index (χ0n) is 19.2. The number of anilines is 1. The van der Waals surface area contributed by atoms with Crippen LogP contribution in [-0.2, 0) is 19.6 Å². The highest BCUT2D eigenvalue weighted by molar-refractivity contribution is 7.89. The van der Waals surface area contributed by atoms with Gasteiger partial charge >= 0.3 is 11.8 Å². The number of amides is 2. The van der Waals surface area contributed by atoms with E-state index in [1.807, 2.05) is 32.9 Å². The van der Waals surface area contributed by atoms with Gasteiger partial charge in [-0.1, -0.05) is 30.2 Å². The Hall–Kier alpha value is -2.78. The minimum absolute atomic E-state index is 0.151. The lowest BCUT2D eigenvalue weighted by atomic mass is 10.0. The summed E-state index contributed by atoms with van der Waals surface area (Å²) in [5, 5.41) is 4.89. The molecule has 0 radical (unpaired) electrons. The molecule has 9 heteroatoms. The number of aryl methyl sites for hydroxylation is 3. The molecule has 1 aliphatic heterocycles. The first kappa shape index (κ1) is 24.9. The molecule has 2 aromatic carbocycles. The van der Waals surface area contributed by atoms with Crippen molar-refractivity contribution in [1.29, 1.82) is 0 Å². The Morgan fingerprint density at radius 1 is 1.06 bits per heavy atom. The summed E-state index contributed by atoms with van der Waals surface area (Å²) in [6, 6.07) is 8.74. The monoisotopic (exact) mass is 475 g/mol. The minimum Gasteiger partial charge on any atom is -0.348 e. The highest BCUT2D eigenvalue weighted by atomic mass is 32.2. The molecule has 2 aromatic rings. The van der Waals surface area contributed by atoms with E-state index in [1.165, 1.54) is 18.2 Å². The fourth-order valence-corrected chi connectivity index (χ4v) is 6.60. The molecular weight excluding hydrogens is 445 g/mol. The largest absolute Gasteiger partial charge is 0.348 e. The van der Waals surface area contributed by atoms with Crippen molar-refractivity contribution in [2.24, 2.45) is 0 Å². The molecule has 1 aliphatic rings. The van der Waals surface area contributed by atoms with Crippen LogP contribution in [0.25, 0.3) is 0 Å². The van der Waals surface area contributed by atoms with Crippen LogP contribution in [0.5, 0.6) is 0 Å². The Kier molecular flexibility index (Phi) is 7.86. The van der Waals surface area contributed by atoms with Gasteiger partial charge in [-0.05, 0) is 69.4 Å². The lowest BCUT2D eigenvalue weighted by Crippen LogP contribution is -2.46. The van der Waals surface area contributed by atoms with Crippen molar-refractivity contribution in [2.45, 2.75) is 57.4 Å². The van der Waals surface area contributed by atoms with Gasteiger partial charge in [-0.25, -0.2) is 12.8 Å². The first-order valence-corrected chi connectivity index (χ1v) is 12.5. The summed E-state index contributed by atoms with van der Waals surface area (Å²) in [7, 11) is -3.70. The molecule has 1 unspecified atom stereocenters. The first-order chi connectivity index (χ1) is 15.6. The number of halogens is 1. The van der Waals surface area contributed by atoms with Crippen LogP contribution in [0.15, 0.2) is 41.3 Å². The number of carbonyl (C=O) groups is 2. The zero-order chi connectivity index (χ0) is 24.2. The summed E-state index contributed by atoms with van der Waals surface area (Å²) in [5.74, 6) is -2.28. The highest BCUT2D eigenvalue weighted by Gasteiger charge is 2.35. The molecule has 0 spiro atoms. The van der Waals surface area contributed by atoms with Crippen LogP contribution in [0.3, 0.4) is 0 Å². The van der Waals surface area contributed by atoms with Gasteiger partial charge in [0, 0.05) is 24.8 Å². The van der Waals surface area contributed by atoms with E-state index < -0.39 is 27.7 Å². The molecule has 33 heavy (non-hydrogen) atoms. The van der Waals surface area contributed by atoms with Gasteiger partial charge in [0.15, 0.2) is 0 Å². The number of piperidine rings is 1. The van der Waals surface area contributed by atoms with Crippen molar-refractivity contribution in [3.05, 3.63) is 58.9 Å². The van der Waals surface area contributed by atoms with Crippen molar-refractivity contribution in [3.63, 3.8) is 0 Å². The number of rotatable bonds is 6. The second-order valence-corrected chi connectivity index (χ2v) is 10.3. The number of benzene rings is 2. The van der Waals surface area contributed by atoms with Crippen molar-refractivity contribution in [2.75, 3.05) is 18.4 Å². The van der Waals surface area contributed by atoms with Crippen LogP contribution in [-0.4, -0.2) is 43.7 Å². The number of sulfonamides is 1. The predicted molar refractivity (Wildman–Crippen MR) is 125 cm³/mol. The molecular formula is C24H30FN3O4S. The molecule has 1 heterocycles. The molecule has 0 bridgehead atoms. The number of nitrogens with zero attached hydrogens (tertiary/aromatic N) is 1. The van der Waals surface area contributed by atoms with Crippen LogP contribution in [0, 0.1) is 26.6 Å². The third kappa shape index (κ3) is 5.97. The van der Waals surface area contributed by atoms with Gasteiger partial charge < -0.3 is 10.6 Å². The summed E-state index contributed by atoms with van der Waals surface area (Å²) in [6.07, 6.45) is 2.76. The summed E-state index contributed by atoms with van der Waals surface area (Å²) in [6.45, 7) is 6.13. The maximum atomic E-state index is 13.5. The van der Waals surface area contributed by atoms with Crippen LogP contribution in [0.4, 0.5) is 10.1 Å². The normalized spacial score (nSPS) is 16.9. The van der Waals surface area contributed by atoms with Gasteiger partial charge in [0.2, 0.25) is 10.0 Å². The third-order valence-corrected chi connectivity index (χ3v) is 8.05. The SMILES string of the molecule is Cc1cc(C)c(S(=O)(=O)N2CCCCC2CCNC(=O)C(=O)Nc2cccc(F)c2)c(C)c1. The quantitative estimate of drug-likeness (QED) is 0.626. The molecule has 0 aliphatic carbocycles. The summed E-state index contributed by atoms with van der Waals surface area (Å²) < 4.78 is 41.8. The van der Waals surface area contributed by atoms with Crippen LogP contribution < -0.4 is 10.6 Å². The molecule has 0 aromatic heterocycles. The molecule has 3 rings (SSSR count). The summed E-state index contributed by atoms with van der Waals surface area (Å²) in [4.78, 5) is 24.6. The second kappa shape index (κ2) is 10.4. The van der Waals surface area contributed by atoms with E-state index in [2.05, 4.69) is 10.6 Å². The zero-order valence-corrected chi connectivity index (χ0v) is 20.0. The third-order valence-electron chi connectivity index (χ3n) is 5.80. The van der Waals surface area contributed by atoms with Gasteiger partial charge in [-0.15, -0.1) is 0 Å². The van der Waals surface area contributed by atoms with Crippen molar-refractivity contribution < 1.29 is 22.4 Å². The molecule has 1 saturated heterocycles. The number of hydrogen-bond acceptors (Lipinski definition) is 4. The average Bonchev–Trinajstić information content (AvgIpc) is 2.73. The topological polar surface area (TPSA) is 95.6 Å². The second-order valence-electron chi connectivity index (χ2n) is 8.50. The Labute approximate surface area is 194 Å². The van der Waals surface area contributed by atoms with Crippen molar-refractivity contribution in [1.82, 2.24) is 9.62 Å². The van der Waals surface area contributed by atoms with E-state index in [-0.39, 0.29) is 18.3 Å². The first-order valence-electron chi connectivity index (χ1n) is 11.0. The van der Waals surface area contributed by atoms with Gasteiger partial charge in [0.1, 0.15) is 5.82 Å². The fourth-order valence-electron chi connectivity index (χ4n) is 4.46. The maximum absolute atomic E-state index is 13.5. The standard InChI is InChI=1S/C24H30FN3O4S/c1-16-13-17(2)22(18(3)14-16)33(31,32)28-12-5-4-9-21(28)10-11-26-23(29)24(30)27-20-8-6-7-19(25)15-20/h6-8,13-15,21H,4-5,9-12H2,1-3H3,(H,26,29)(H,27,30). The Bertz CT molecular complexity index is 1130.